The summed E-state index contributed by atoms with van der Waals surface area (Å²) in [7, 11) is -5.70. The number of aliphatic hydroxyl groups is 3. The summed E-state index contributed by atoms with van der Waals surface area (Å²) in [4.78, 5) is 12.5. The number of aryl methyl sites for hydroxylation is 1. The fourth-order valence-electron chi connectivity index (χ4n) is 3.85. The number of sulfonamides is 1. The van der Waals surface area contributed by atoms with Crippen molar-refractivity contribution < 1.29 is 41.7 Å². The number of halogens is 4. The second kappa shape index (κ2) is 13.2. The number of aliphatic hydroxyl groups excluding tert-OH is 3. The largest absolute Gasteiger partial charge is 0.516 e. The Kier molecular flexibility index (Phi) is 11.2. The van der Waals surface area contributed by atoms with Crippen molar-refractivity contribution in [1.29, 1.82) is 0 Å². The minimum atomic E-state index is -5.70. The van der Waals surface area contributed by atoms with Crippen LogP contribution in [0.25, 0.3) is 0 Å². The molecule has 4 N–H and O–H groups in total. The first-order valence-corrected chi connectivity index (χ1v) is 13.7. The predicted octanol–water partition coefficient (Wildman–Crippen LogP) is 3.69. The molecular weight excluding hydrogens is 531 g/mol. The van der Waals surface area contributed by atoms with Crippen molar-refractivity contribution in [3.8, 4) is 0 Å². The molecule has 1 fully saturated rings. The van der Waals surface area contributed by atoms with Gasteiger partial charge in [0, 0.05) is 23.6 Å². The second-order valence-electron chi connectivity index (χ2n) is 8.38. The average Bonchev–Trinajstić information content (AvgIpc) is 3.28. The van der Waals surface area contributed by atoms with Crippen molar-refractivity contribution in [2.75, 3.05) is 0 Å². The Labute approximate surface area is 211 Å². The molecule has 0 unspecified atom stereocenters. The van der Waals surface area contributed by atoms with E-state index in [2.05, 4.69) is 0 Å². The van der Waals surface area contributed by atoms with E-state index in [1.807, 2.05) is 6.07 Å². The van der Waals surface area contributed by atoms with Gasteiger partial charge in [-0.3, -0.25) is 4.79 Å². The topological polar surface area (TPSA) is 124 Å². The predicted molar refractivity (Wildman–Crippen MR) is 127 cm³/mol. The molecule has 0 spiro atoms. The molecule has 0 aromatic carbocycles. The zero-order valence-corrected chi connectivity index (χ0v) is 21.1. The maximum Gasteiger partial charge on any atom is 0.516 e. The minimum Gasteiger partial charge on any atom is -0.393 e. The lowest BCUT2D eigenvalue weighted by atomic mass is 9.89. The molecule has 5 atom stereocenters. The lowest BCUT2D eigenvalue weighted by molar-refractivity contribution is -0.120. The molecule has 1 aromatic heterocycles. The van der Waals surface area contributed by atoms with Crippen LogP contribution >= 0.6 is 22.9 Å². The number of carbonyl (C=O) groups is 1. The average molecular weight is 560 g/mol. The van der Waals surface area contributed by atoms with Gasteiger partial charge in [0.2, 0.25) is 5.91 Å². The van der Waals surface area contributed by atoms with Crippen molar-refractivity contribution in [3.63, 3.8) is 0 Å². The van der Waals surface area contributed by atoms with E-state index in [1.165, 1.54) is 11.3 Å². The number of alkyl halides is 3. The molecule has 0 saturated heterocycles. The molecule has 1 heterocycles. The first-order valence-electron chi connectivity index (χ1n) is 11.0. The Bertz CT molecular complexity index is 996. The Hall–Kier alpha value is -1.44. The molecule has 1 aliphatic carbocycles. The summed E-state index contributed by atoms with van der Waals surface area (Å²) in [6, 6.07) is 3.70. The van der Waals surface area contributed by atoms with Crippen LogP contribution in [0.4, 0.5) is 13.2 Å². The van der Waals surface area contributed by atoms with Gasteiger partial charge in [-0.05, 0) is 50.2 Å². The van der Waals surface area contributed by atoms with Crippen LogP contribution in [0.2, 0.25) is 4.34 Å². The van der Waals surface area contributed by atoms with E-state index in [1.54, 1.807) is 30.4 Å². The van der Waals surface area contributed by atoms with Gasteiger partial charge >= 0.3 is 15.5 Å². The van der Waals surface area contributed by atoms with Gasteiger partial charge in [-0.15, -0.1) is 11.3 Å². The van der Waals surface area contributed by atoms with Gasteiger partial charge in [-0.1, -0.05) is 35.9 Å². The first kappa shape index (κ1) is 29.8. The summed E-state index contributed by atoms with van der Waals surface area (Å²) in [5.74, 6) is -1.89. The van der Waals surface area contributed by atoms with Gasteiger partial charge in [0.1, 0.15) is 0 Å². The molecule has 1 aromatic rings. The lowest BCUT2D eigenvalue weighted by Gasteiger charge is -2.19. The van der Waals surface area contributed by atoms with Crippen LogP contribution in [0.1, 0.15) is 43.4 Å². The van der Waals surface area contributed by atoms with Crippen LogP contribution in [0.3, 0.4) is 0 Å². The molecule has 1 aliphatic rings. The zero-order valence-electron chi connectivity index (χ0n) is 18.7. The minimum absolute atomic E-state index is 0.135. The molecular formula is C22H29ClF3NO6S2. The first-order chi connectivity index (χ1) is 16.3. The van der Waals surface area contributed by atoms with Crippen LogP contribution in [-0.4, -0.2) is 53.5 Å². The Morgan fingerprint density at radius 1 is 1.26 bits per heavy atom. The maximum atomic E-state index is 12.3. The SMILES string of the molecule is O=C(CCC/C=C\C[C@@H]1[C@@H](/C=C/[C@@H](O)CCc2ccc(Cl)s2)[C@H](O)C[C@@H]1O)NS(=O)(=O)C(F)(F)F. The number of rotatable bonds is 12. The third-order valence-corrected chi connectivity index (χ3v) is 8.09. The third-order valence-electron chi connectivity index (χ3n) is 5.69. The Morgan fingerprint density at radius 3 is 2.60 bits per heavy atom. The van der Waals surface area contributed by atoms with Crippen molar-refractivity contribution in [3.05, 3.63) is 45.7 Å². The van der Waals surface area contributed by atoms with Gasteiger partial charge in [-0.2, -0.15) is 21.6 Å². The van der Waals surface area contributed by atoms with E-state index >= 15 is 0 Å². The molecule has 198 valence electrons. The molecule has 0 bridgehead atoms. The zero-order chi connectivity index (χ0) is 26.2. The number of unbranched alkanes of at least 4 members (excludes halogenated alkanes) is 1. The van der Waals surface area contributed by atoms with Crippen LogP contribution < -0.4 is 4.72 Å². The number of thiophene rings is 1. The summed E-state index contributed by atoms with van der Waals surface area (Å²) >= 11 is 7.35. The van der Waals surface area contributed by atoms with E-state index in [4.69, 9.17) is 11.6 Å². The molecule has 0 aliphatic heterocycles. The van der Waals surface area contributed by atoms with E-state index in [-0.39, 0.29) is 24.7 Å². The highest BCUT2D eigenvalue weighted by molar-refractivity contribution is 7.90. The molecule has 7 nitrogen and oxygen atoms in total. The van der Waals surface area contributed by atoms with E-state index in [9.17, 15) is 41.7 Å². The molecule has 35 heavy (non-hydrogen) atoms. The Balaban J connectivity index is 1.77. The maximum absolute atomic E-state index is 12.3. The van der Waals surface area contributed by atoms with Crippen molar-refractivity contribution in [1.82, 2.24) is 4.72 Å². The summed E-state index contributed by atoms with van der Waals surface area (Å²) in [5, 5.41) is 30.8. The summed E-state index contributed by atoms with van der Waals surface area (Å²) in [5.41, 5.74) is -5.55. The standard InChI is InChI=1S/C22H29ClF3NO6S2/c23-20-12-10-15(34-20)9-7-14(28)8-11-17-16(18(29)13-19(17)30)5-3-1-2-4-6-21(31)27-35(32,33)22(24,25)26/h1,3,8,10-12,14,16-19,28-30H,2,4-7,9,13H2,(H,27,31)/b3-1-,11-8+/t14-,16+,17+,18-,19+/m0/s1. The smallest absolute Gasteiger partial charge is 0.393 e. The second-order valence-corrected chi connectivity index (χ2v) is 11.9. The number of hydrogen-bond acceptors (Lipinski definition) is 7. The lowest BCUT2D eigenvalue weighted by Crippen LogP contribution is -2.40. The number of carbonyl (C=O) groups excluding carboxylic acids is 1. The highest BCUT2D eigenvalue weighted by Gasteiger charge is 2.46. The summed E-state index contributed by atoms with van der Waals surface area (Å²) < 4.78 is 60.2. The quantitative estimate of drug-likeness (QED) is 0.229. The van der Waals surface area contributed by atoms with Gasteiger partial charge in [0.25, 0.3) is 0 Å². The van der Waals surface area contributed by atoms with Crippen LogP contribution in [0.5, 0.6) is 0 Å². The number of nitrogens with one attached hydrogen (secondary N) is 1. The third kappa shape index (κ3) is 9.51. The number of amides is 1. The van der Waals surface area contributed by atoms with Gasteiger partial charge in [-0.25, -0.2) is 4.72 Å². The van der Waals surface area contributed by atoms with Gasteiger partial charge in [0.15, 0.2) is 0 Å². The highest BCUT2D eigenvalue weighted by Crippen LogP contribution is 2.36. The van der Waals surface area contributed by atoms with Crippen molar-refractivity contribution in [2.45, 2.75) is 68.8 Å². The van der Waals surface area contributed by atoms with Crippen molar-refractivity contribution >= 4 is 38.9 Å². The number of allylic oxidation sites excluding steroid dienone is 2. The fraction of sp³-hybridized carbons (Fsp3) is 0.591. The van der Waals surface area contributed by atoms with Gasteiger partial charge < -0.3 is 15.3 Å². The normalized spacial score (nSPS) is 24.4. The van der Waals surface area contributed by atoms with E-state index in [0.29, 0.717) is 30.0 Å². The molecule has 1 amide bonds. The molecule has 0 radical (unpaired) electrons. The molecule has 13 heteroatoms. The van der Waals surface area contributed by atoms with E-state index in [0.717, 1.165) is 9.60 Å². The van der Waals surface area contributed by atoms with Crippen LogP contribution in [0, 0.1) is 11.8 Å². The highest BCUT2D eigenvalue weighted by atomic mass is 35.5. The molecule has 1 saturated carbocycles. The van der Waals surface area contributed by atoms with Crippen molar-refractivity contribution in [2.24, 2.45) is 11.8 Å². The van der Waals surface area contributed by atoms with E-state index < -0.39 is 46.2 Å². The number of hydrogen-bond donors (Lipinski definition) is 4. The summed E-state index contributed by atoms with van der Waals surface area (Å²) in [6.07, 6.45) is 6.35. The monoisotopic (exact) mass is 559 g/mol. The summed E-state index contributed by atoms with van der Waals surface area (Å²) in [6.45, 7) is 0. The molecule has 2 rings (SSSR count). The van der Waals surface area contributed by atoms with Crippen LogP contribution in [0.15, 0.2) is 36.4 Å². The van der Waals surface area contributed by atoms with Crippen LogP contribution in [-0.2, 0) is 21.2 Å². The Morgan fingerprint density at radius 2 is 1.97 bits per heavy atom. The fourth-order valence-corrected chi connectivity index (χ4v) is 5.47. The van der Waals surface area contributed by atoms with Gasteiger partial charge in [0.05, 0.1) is 22.6 Å².